The molecule has 0 radical (unpaired) electrons. The van der Waals surface area contributed by atoms with Crippen LogP contribution in [0, 0.1) is 6.92 Å². The number of halogens is 1. The number of benzene rings is 3. The Labute approximate surface area is 201 Å². The molecule has 0 saturated carbocycles. The van der Waals surface area contributed by atoms with Crippen LogP contribution in [0.3, 0.4) is 0 Å². The summed E-state index contributed by atoms with van der Waals surface area (Å²) in [6.07, 6.45) is 3.86. The Morgan fingerprint density at radius 2 is 1.67 bits per heavy atom. The lowest BCUT2D eigenvalue weighted by molar-refractivity contribution is -0.123. The van der Waals surface area contributed by atoms with Crippen LogP contribution in [0.2, 0.25) is 5.02 Å². The van der Waals surface area contributed by atoms with E-state index in [-0.39, 0.29) is 17.7 Å². The number of para-hydroxylation sites is 1. The Bertz CT molecular complexity index is 1420. The molecule has 1 aromatic heterocycles. The summed E-state index contributed by atoms with van der Waals surface area (Å²) in [4.78, 5) is 27.5. The van der Waals surface area contributed by atoms with Gasteiger partial charge in [-0.3, -0.25) is 14.5 Å². The molecule has 0 unspecified atom stereocenters. The summed E-state index contributed by atoms with van der Waals surface area (Å²) in [6.45, 7) is 2.93. The Balaban J connectivity index is 1.46. The second-order valence-corrected chi connectivity index (χ2v) is 9.55. The summed E-state index contributed by atoms with van der Waals surface area (Å²) in [5.41, 5.74) is 5.10. The quantitative estimate of drug-likeness (QED) is 0.297. The fraction of sp³-hybridized carbons (Fsp3) is 0.111. The number of rotatable bonds is 5. The van der Waals surface area contributed by atoms with Gasteiger partial charge in [-0.2, -0.15) is 0 Å². The minimum atomic E-state index is -0.252. The molecule has 0 atom stereocenters. The number of thioether (sulfide) groups is 1. The molecule has 33 heavy (non-hydrogen) atoms. The highest BCUT2D eigenvalue weighted by atomic mass is 35.5. The predicted molar refractivity (Wildman–Crippen MR) is 135 cm³/mol. The molecular weight excluding hydrogens is 452 g/mol. The first kappa shape index (κ1) is 21.6. The number of fused-ring (bicyclic) bond motifs is 1. The molecular formula is C27H21ClN2O2S. The van der Waals surface area contributed by atoms with Gasteiger partial charge in [-0.25, -0.2) is 0 Å². The third-order valence-corrected chi connectivity index (χ3v) is 6.79. The van der Waals surface area contributed by atoms with Gasteiger partial charge in [0.25, 0.3) is 11.1 Å². The number of imide groups is 1. The van der Waals surface area contributed by atoms with E-state index in [0.717, 1.165) is 44.9 Å². The van der Waals surface area contributed by atoms with Crippen molar-refractivity contribution in [2.75, 3.05) is 0 Å². The van der Waals surface area contributed by atoms with Crippen LogP contribution in [0.25, 0.3) is 17.0 Å². The van der Waals surface area contributed by atoms with E-state index < -0.39 is 0 Å². The minimum absolute atomic E-state index is 0.240. The fourth-order valence-electron chi connectivity index (χ4n) is 4.12. The normalized spacial score (nSPS) is 15.2. The van der Waals surface area contributed by atoms with Crippen LogP contribution in [-0.2, 0) is 17.9 Å². The molecule has 4 aromatic rings. The monoisotopic (exact) mass is 472 g/mol. The molecule has 0 N–H and O–H groups in total. The molecule has 0 aliphatic carbocycles. The maximum absolute atomic E-state index is 13.1. The molecule has 2 heterocycles. The first-order chi connectivity index (χ1) is 16.0. The average molecular weight is 473 g/mol. The summed E-state index contributed by atoms with van der Waals surface area (Å²) < 4.78 is 2.14. The zero-order valence-corrected chi connectivity index (χ0v) is 19.6. The number of aryl methyl sites for hydroxylation is 1. The largest absolute Gasteiger partial charge is 0.342 e. The number of carbonyl (C=O) groups is 2. The predicted octanol–water partition coefficient (Wildman–Crippen LogP) is 6.89. The Hall–Kier alpha value is -3.28. The SMILES string of the molecule is Cc1cccc(CN2C(=O)S/C(=C\c3cn(Cc4cccc(Cl)c4)c4ccccc34)C2=O)c1. The maximum atomic E-state index is 13.1. The Morgan fingerprint density at radius 3 is 2.45 bits per heavy atom. The third kappa shape index (κ3) is 4.47. The number of carbonyl (C=O) groups excluding carboxylic acids is 2. The molecule has 4 nitrogen and oxygen atoms in total. The van der Waals surface area contributed by atoms with Gasteiger partial charge in [0.05, 0.1) is 11.4 Å². The van der Waals surface area contributed by atoms with Crippen molar-refractivity contribution in [1.82, 2.24) is 9.47 Å². The third-order valence-electron chi connectivity index (χ3n) is 5.64. The number of aromatic nitrogens is 1. The van der Waals surface area contributed by atoms with E-state index in [1.165, 1.54) is 4.90 Å². The van der Waals surface area contributed by atoms with Gasteiger partial charge in [0.2, 0.25) is 0 Å². The molecule has 1 saturated heterocycles. The van der Waals surface area contributed by atoms with Crippen LogP contribution in [0.15, 0.2) is 83.9 Å². The van der Waals surface area contributed by atoms with Crippen LogP contribution in [0.1, 0.15) is 22.3 Å². The number of amides is 2. The molecule has 1 aliphatic rings. The standard InChI is InChI=1S/C27H21ClN2O2S/c1-18-6-4-7-19(12-18)16-30-26(31)25(33-27(30)32)14-21-17-29(24-11-3-2-10-23(21)24)15-20-8-5-9-22(28)13-20/h2-14,17H,15-16H2,1H3/b25-14-. The van der Waals surface area contributed by atoms with Crippen molar-refractivity contribution in [2.45, 2.75) is 20.0 Å². The van der Waals surface area contributed by atoms with Crippen LogP contribution in [-0.4, -0.2) is 20.6 Å². The van der Waals surface area contributed by atoms with Gasteiger partial charge in [0.15, 0.2) is 0 Å². The molecule has 6 heteroatoms. The summed E-state index contributed by atoms with van der Waals surface area (Å²) in [5, 5.41) is 1.49. The van der Waals surface area contributed by atoms with Crippen molar-refractivity contribution < 1.29 is 9.59 Å². The molecule has 2 amide bonds. The summed E-state index contributed by atoms with van der Waals surface area (Å²) in [6, 6.07) is 23.7. The Morgan fingerprint density at radius 1 is 0.909 bits per heavy atom. The zero-order chi connectivity index (χ0) is 22.9. The van der Waals surface area contributed by atoms with Crippen molar-refractivity contribution in [2.24, 2.45) is 0 Å². The highest BCUT2D eigenvalue weighted by Gasteiger charge is 2.35. The number of nitrogens with zero attached hydrogens (tertiary/aromatic N) is 2. The van der Waals surface area contributed by atoms with Gasteiger partial charge >= 0.3 is 0 Å². The molecule has 164 valence electrons. The van der Waals surface area contributed by atoms with Crippen LogP contribution in [0.4, 0.5) is 4.79 Å². The smallest absolute Gasteiger partial charge is 0.293 e. The van der Waals surface area contributed by atoms with Crippen LogP contribution in [0.5, 0.6) is 0 Å². The Kier molecular flexibility index (Phi) is 5.83. The van der Waals surface area contributed by atoms with E-state index in [1.807, 2.05) is 85.9 Å². The highest BCUT2D eigenvalue weighted by Crippen LogP contribution is 2.35. The number of hydrogen-bond donors (Lipinski definition) is 0. The van der Waals surface area contributed by atoms with Crippen molar-refractivity contribution in [3.05, 3.63) is 111 Å². The summed E-state index contributed by atoms with van der Waals surface area (Å²) >= 11 is 7.16. The van der Waals surface area contributed by atoms with E-state index in [4.69, 9.17) is 11.6 Å². The van der Waals surface area contributed by atoms with Gasteiger partial charge in [0, 0.05) is 34.2 Å². The first-order valence-corrected chi connectivity index (χ1v) is 11.8. The van der Waals surface area contributed by atoms with Crippen molar-refractivity contribution in [3.8, 4) is 0 Å². The molecule has 1 fully saturated rings. The maximum Gasteiger partial charge on any atom is 0.293 e. The molecule has 0 bridgehead atoms. The van der Waals surface area contributed by atoms with E-state index in [9.17, 15) is 9.59 Å². The number of hydrogen-bond acceptors (Lipinski definition) is 3. The molecule has 5 rings (SSSR count). The topological polar surface area (TPSA) is 42.3 Å². The van der Waals surface area contributed by atoms with Crippen molar-refractivity contribution >= 4 is 51.5 Å². The molecule has 0 spiro atoms. The van der Waals surface area contributed by atoms with Crippen molar-refractivity contribution in [1.29, 1.82) is 0 Å². The lowest BCUT2D eigenvalue weighted by Gasteiger charge is -2.12. The molecule has 1 aliphatic heterocycles. The second kappa shape index (κ2) is 8.93. The summed E-state index contributed by atoms with van der Waals surface area (Å²) in [7, 11) is 0. The van der Waals surface area contributed by atoms with Gasteiger partial charge in [-0.05, 0) is 54.1 Å². The first-order valence-electron chi connectivity index (χ1n) is 10.6. The van der Waals surface area contributed by atoms with E-state index in [1.54, 1.807) is 0 Å². The lowest BCUT2D eigenvalue weighted by atomic mass is 10.1. The fourth-order valence-corrected chi connectivity index (χ4v) is 5.17. The van der Waals surface area contributed by atoms with Gasteiger partial charge in [-0.15, -0.1) is 0 Å². The van der Waals surface area contributed by atoms with Gasteiger partial charge < -0.3 is 4.57 Å². The lowest BCUT2D eigenvalue weighted by Crippen LogP contribution is -2.27. The van der Waals surface area contributed by atoms with Crippen LogP contribution < -0.4 is 0 Å². The zero-order valence-electron chi connectivity index (χ0n) is 18.0. The van der Waals surface area contributed by atoms with Crippen LogP contribution >= 0.6 is 23.4 Å². The second-order valence-electron chi connectivity index (χ2n) is 8.12. The molecule has 3 aromatic carbocycles. The van der Waals surface area contributed by atoms with E-state index in [2.05, 4.69) is 10.6 Å². The van der Waals surface area contributed by atoms with E-state index in [0.29, 0.717) is 16.5 Å². The van der Waals surface area contributed by atoms with Gasteiger partial charge in [0.1, 0.15) is 0 Å². The average Bonchev–Trinajstić information content (AvgIpc) is 3.26. The van der Waals surface area contributed by atoms with E-state index >= 15 is 0 Å². The minimum Gasteiger partial charge on any atom is -0.342 e. The van der Waals surface area contributed by atoms with Crippen molar-refractivity contribution in [3.63, 3.8) is 0 Å². The highest BCUT2D eigenvalue weighted by molar-refractivity contribution is 8.18. The van der Waals surface area contributed by atoms with Gasteiger partial charge in [-0.1, -0.05) is 71.8 Å². The summed E-state index contributed by atoms with van der Waals surface area (Å²) in [5.74, 6) is -0.252.